The van der Waals surface area contributed by atoms with Crippen molar-refractivity contribution in [1.82, 2.24) is 10.2 Å². The highest BCUT2D eigenvalue weighted by atomic mass is 16.5. The van der Waals surface area contributed by atoms with Gasteiger partial charge in [-0.25, -0.2) is 0 Å². The smallest absolute Gasteiger partial charge is 0.0589 e. The van der Waals surface area contributed by atoms with E-state index in [1.54, 1.807) is 14.2 Å². The number of hydrogen-bond donors (Lipinski definition) is 1. The normalized spacial score (nSPS) is 12.8. The number of aryl methyl sites for hydroxylation is 1. The Hall–Kier alpha value is -0.940. The van der Waals surface area contributed by atoms with Gasteiger partial charge in [0.05, 0.1) is 6.61 Å². The van der Waals surface area contributed by atoms with Crippen LogP contribution in [0.5, 0.6) is 0 Å². The van der Waals surface area contributed by atoms with Crippen LogP contribution in [0.4, 0.5) is 0 Å². The lowest BCUT2D eigenvalue weighted by Crippen LogP contribution is -2.37. The summed E-state index contributed by atoms with van der Waals surface area (Å²) in [7, 11) is 5.54. The summed E-state index contributed by atoms with van der Waals surface area (Å²) in [6, 6.07) is 8.92. The fraction of sp³-hybridized carbons (Fsp3) is 0.647. The molecule has 1 aromatic carbocycles. The first-order valence-electron chi connectivity index (χ1n) is 7.66. The summed E-state index contributed by atoms with van der Waals surface area (Å²) in [6.07, 6.45) is 1.05. The number of ether oxygens (including phenoxy) is 2. The lowest BCUT2D eigenvalue weighted by molar-refractivity contribution is 0.127. The summed E-state index contributed by atoms with van der Waals surface area (Å²) in [5.74, 6) is 0. The van der Waals surface area contributed by atoms with Gasteiger partial charge in [-0.3, -0.25) is 4.90 Å². The van der Waals surface area contributed by atoms with E-state index in [4.69, 9.17) is 9.47 Å². The molecule has 1 atom stereocenters. The average molecular weight is 294 g/mol. The number of rotatable bonds is 11. The Labute approximate surface area is 129 Å². The van der Waals surface area contributed by atoms with Crippen molar-refractivity contribution in [1.29, 1.82) is 0 Å². The van der Waals surface area contributed by atoms with Crippen molar-refractivity contribution in [2.24, 2.45) is 0 Å². The van der Waals surface area contributed by atoms with Crippen molar-refractivity contribution >= 4 is 0 Å². The third-order valence-electron chi connectivity index (χ3n) is 3.79. The highest BCUT2D eigenvalue weighted by Crippen LogP contribution is 2.18. The number of likely N-dealkylation sites (N-methyl/N-ethyl adjacent to an activating group) is 1. The van der Waals surface area contributed by atoms with Crippen LogP contribution in [0.3, 0.4) is 0 Å². The van der Waals surface area contributed by atoms with Gasteiger partial charge in [-0.1, -0.05) is 24.3 Å². The Kier molecular flexibility index (Phi) is 9.26. The molecule has 0 aliphatic heterocycles. The predicted octanol–water partition coefficient (Wildman–Crippen LogP) is 2.24. The van der Waals surface area contributed by atoms with E-state index in [-0.39, 0.29) is 0 Å². The summed E-state index contributed by atoms with van der Waals surface area (Å²) in [6.45, 7) is 6.69. The van der Waals surface area contributed by atoms with Crippen LogP contribution < -0.4 is 5.32 Å². The van der Waals surface area contributed by atoms with Crippen molar-refractivity contribution in [3.63, 3.8) is 0 Å². The van der Waals surface area contributed by atoms with Gasteiger partial charge in [-0.15, -0.1) is 0 Å². The number of benzene rings is 1. The van der Waals surface area contributed by atoms with Gasteiger partial charge in [0.15, 0.2) is 0 Å². The predicted molar refractivity (Wildman–Crippen MR) is 87.8 cm³/mol. The van der Waals surface area contributed by atoms with Crippen LogP contribution in [0.2, 0.25) is 0 Å². The Balaban J connectivity index is 2.66. The molecule has 1 unspecified atom stereocenters. The van der Waals surface area contributed by atoms with Crippen LogP contribution in [0, 0.1) is 6.92 Å². The Morgan fingerprint density at radius 1 is 1.10 bits per heavy atom. The zero-order valence-corrected chi connectivity index (χ0v) is 13.9. The molecule has 0 saturated carbocycles. The van der Waals surface area contributed by atoms with E-state index in [1.165, 1.54) is 11.1 Å². The molecule has 0 saturated heterocycles. The summed E-state index contributed by atoms with van der Waals surface area (Å²) >= 11 is 0. The van der Waals surface area contributed by atoms with E-state index < -0.39 is 0 Å². The first-order valence-corrected chi connectivity index (χ1v) is 7.66. The fourth-order valence-electron chi connectivity index (χ4n) is 2.53. The van der Waals surface area contributed by atoms with E-state index in [0.717, 1.165) is 39.3 Å². The van der Waals surface area contributed by atoms with Crippen LogP contribution in [0.1, 0.15) is 23.6 Å². The molecule has 4 heteroatoms. The topological polar surface area (TPSA) is 33.7 Å². The molecular weight excluding hydrogens is 264 g/mol. The molecule has 0 amide bonds. The van der Waals surface area contributed by atoms with E-state index >= 15 is 0 Å². The van der Waals surface area contributed by atoms with Gasteiger partial charge in [0, 0.05) is 46.5 Å². The fourth-order valence-corrected chi connectivity index (χ4v) is 2.53. The maximum atomic E-state index is 5.23. The van der Waals surface area contributed by atoms with E-state index in [2.05, 4.69) is 41.4 Å². The van der Waals surface area contributed by atoms with Crippen LogP contribution in [0.15, 0.2) is 24.3 Å². The molecule has 120 valence electrons. The quantitative estimate of drug-likeness (QED) is 0.635. The number of nitrogens with one attached hydrogen (secondary N) is 1. The molecule has 1 N–H and O–H groups in total. The maximum absolute atomic E-state index is 5.23. The standard InChI is InChI=1S/C17H30N2O2/c1-15-8-5-6-9-16(15)17(18-2)14-19(11-13-21-4)10-7-12-20-3/h5-6,8-9,17-18H,7,10-14H2,1-4H3. The number of hydrogen-bond acceptors (Lipinski definition) is 4. The second-order valence-electron chi connectivity index (χ2n) is 5.34. The molecule has 0 spiro atoms. The summed E-state index contributed by atoms with van der Waals surface area (Å²) in [5, 5.41) is 3.44. The summed E-state index contributed by atoms with van der Waals surface area (Å²) in [5.41, 5.74) is 2.70. The molecular formula is C17H30N2O2. The molecule has 0 aliphatic rings. The zero-order chi connectivity index (χ0) is 15.5. The molecule has 1 rings (SSSR count). The van der Waals surface area contributed by atoms with E-state index in [1.807, 2.05) is 7.05 Å². The molecule has 0 heterocycles. The molecule has 0 radical (unpaired) electrons. The molecule has 0 aromatic heterocycles. The van der Waals surface area contributed by atoms with E-state index in [9.17, 15) is 0 Å². The molecule has 0 aliphatic carbocycles. The van der Waals surface area contributed by atoms with Crippen LogP contribution in [-0.4, -0.2) is 59.0 Å². The third-order valence-corrected chi connectivity index (χ3v) is 3.79. The SMILES string of the molecule is CNC(CN(CCCOC)CCOC)c1ccccc1C. The Morgan fingerprint density at radius 2 is 1.81 bits per heavy atom. The van der Waals surface area contributed by atoms with E-state index in [0.29, 0.717) is 6.04 Å². The van der Waals surface area contributed by atoms with Gasteiger partial charge >= 0.3 is 0 Å². The van der Waals surface area contributed by atoms with Crippen LogP contribution in [0.25, 0.3) is 0 Å². The number of methoxy groups -OCH3 is 2. The van der Waals surface area contributed by atoms with Crippen LogP contribution in [-0.2, 0) is 9.47 Å². The average Bonchev–Trinajstić information content (AvgIpc) is 2.50. The molecule has 0 fully saturated rings. The second kappa shape index (κ2) is 10.7. The van der Waals surface area contributed by atoms with Crippen molar-refractivity contribution in [3.05, 3.63) is 35.4 Å². The minimum Gasteiger partial charge on any atom is -0.385 e. The minimum atomic E-state index is 0.339. The van der Waals surface area contributed by atoms with Gasteiger partial charge in [0.25, 0.3) is 0 Å². The van der Waals surface area contributed by atoms with Gasteiger partial charge in [0.1, 0.15) is 0 Å². The molecule has 21 heavy (non-hydrogen) atoms. The molecule has 0 bridgehead atoms. The maximum Gasteiger partial charge on any atom is 0.0589 e. The van der Waals surface area contributed by atoms with Gasteiger partial charge < -0.3 is 14.8 Å². The van der Waals surface area contributed by atoms with Crippen LogP contribution >= 0.6 is 0 Å². The summed E-state index contributed by atoms with van der Waals surface area (Å²) < 4.78 is 10.4. The van der Waals surface area contributed by atoms with Crippen molar-refractivity contribution in [2.75, 3.05) is 54.1 Å². The first kappa shape index (κ1) is 18.1. The Bertz CT molecular complexity index is 385. The second-order valence-corrected chi connectivity index (χ2v) is 5.34. The lowest BCUT2D eigenvalue weighted by atomic mass is 10.0. The third kappa shape index (κ3) is 6.57. The minimum absolute atomic E-state index is 0.339. The van der Waals surface area contributed by atoms with Gasteiger partial charge in [-0.2, -0.15) is 0 Å². The largest absolute Gasteiger partial charge is 0.385 e. The van der Waals surface area contributed by atoms with Crippen molar-refractivity contribution < 1.29 is 9.47 Å². The van der Waals surface area contributed by atoms with Crippen molar-refractivity contribution in [3.8, 4) is 0 Å². The highest BCUT2D eigenvalue weighted by Gasteiger charge is 2.15. The van der Waals surface area contributed by atoms with Gasteiger partial charge in [-0.05, 0) is 31.5 Å². The summed E-state index contributed by atoms with van der Waals surface area (Å²) in [4.78, 5) is 2.44. The first-order chi connectivity index (χ1) is 10.2. The lowest BCUT2D eigenvalue weighted by Gasteiger charge is -2.28. The van der Waals surface area contributed by atoms with Crippen molar-refractivity contribution in [2.45, 2.75) is 19.4 Å². The van der Waals surface area contributed by atoms with Gasteiger partial charge in [0.2, 0.25) is 0 Å². The monoisotopic (exact) mass is 294 g/mol. The molecule has 4 nitrogen and oxygen atoms in total. The highest BCUT2D eigenvalue weighted by molar-refractivity contribution is 5.28. The zero-order valence-electron chi connectivity index (χ0n) is 13.9. The Morgan fingerprint density at radius 3 is 2.43 bits per heavy atom. The molecule has 1 aromatic rings. The number of nitrogens with zero attached hydrogens (tertiary/aromatic N) is 1.